The predicted molar refractivity (Wildman–Crippen MR) is 146 cm³/mol. The molecule has 6 heteroatoms. The monoisotopic (exact) mass is 483 g/mol. The Morgan fingerprint density at radius 3 is 2.00 bits per heavy atom. The molecule has 1 N–H and O–H groups in total. The summed E-state index contributed by atoms with van der Waals surface area (Å²) in [5, 5.41) is 0.834. The third-order valence-corrected chi connectivity index (χ3v) is 7.71. The first kappa shape index (κ1) is 23.4. The fourth-order valence-electron chi connectivity index (χ4n) is 4.78. The maximum atomic E-state index is 12.6. The summed E-state index contributed by atoms with van der Waals surface area (Å²) in [7, 11) is 4.04. The molecule has 5 nitrogen and oxygen atoms in total. The van der Waals surface area contributed by atoms with Gasteiger partial charge >= 0.3 is 0 Å². The van der Waals surface area contributed by atoms with Crippen molar-refractivity contribution in [3.05, 3.63) is 107 Å². The average Bonchev–Trinajstić information content (AvgIpc) is 3.26. The molecule has 1 fully saturated rings. The van der Waals surface area contributed by atoms with Crippen LogP contribution in [0, 0.1) is 0 Å². The molecule has 2 aliphatic heterocycles. The van der Waals surface area contributed by atoms with Crippen molar-refractivity contribution in [1.82, 2.24) is 4.90 Å². The van der Waals surface area contributed by atoms with Crippen LogP contribution >= 0.6 is 11.8 Å². The van der Waals surface area contributed by atoms with Gasteiger partial charge in [0.25, 0.3) is 5.91 Å². The molecule has 2 heterocycles. The summed E-state index contributed by atoms with van der Waals surface area (Å²) in [6, 6.07) is 30.1. The lowest BCUT2D eigenvalue weighted by molar-refractivity contribution is -0.929. The largest absolute Gasteiger partial charge is 0.378 e. The van der Waals surface area contributed by atoms with Crippen LogP contribution < -0.4 is 9.80 Å². The zero-order valence-corrected chi connectivity index (χ0v) is 21.0. The van der Waals surface area contributed by atoms with E-state index in [2.05, 4.69) is 87.6 Å². The Morgan fingerprint density at radius 1 is 0.886 bits per heavy atom. The number of amidine groups is 1. The van der Waals surface area contributed by atoms with Crippen molar-refractivity contribution in [2.75, 3.05) is 45.2 Å². The fourth-order valence-corrected chi connectivity index (χ4v) is 5.75. The van der Waals surface area contributed by atoms with E-state index in [1.165, 1.54) is 22.9 Å². The van der Waals surface area contributed by atoms with E-state index in [1.807, 2.05) is 32.3 Å². The molecule has 0 spiro atoms. The molecule has 35 heavy (non-hydrogen) atoms. The Hall–Kier alpha value is -3.35. The first-order chi connectivity index (χ1) is 17.1. The van der Waals surface area contributed by atoms with Crippen molar-refractivity contribution >= 4 is 34.6 Å². The average molecular weight is 484 g/mol. The summed E-state index contributed by atoms with van der Waals surface area (Å²) in [4.78, 5) is 23.6. The van der Waals surface area contributed by atoms with E-state index in [-0.39, 0.29) is 5.91 Å². The molecule has 0 aliphatic carbocycles. The van der Waals surface area contributed by atoms with Gasteiger partial charge in [-0.05, 0) is 35.5 Å². The van der Waals surface area contributed by atoms with Gasteiger partial charge in [0.1, 0.15) is 6.04 Å². The van der Waals surface area contributed by atoms with Crippen molar-refractivity contribution in [2.24, 2.45) is 4.99 Å². The summed E-state index contributed by atoms with van der Waals surface area (Å²) < 4.78 is 0. The van der Waals surface area contributed by atoms with E-state index in [1.54, 1.807) is 4.90 Å². The van der Waals surface area contributed by atoms with Crippen LogP contribution in [0.4, 0.5) is 5.69 Å². The number of rotatable bonds is 5. The number of nitrogens with one attached hydrogen (secondary N) is 1. The van der Waals surface area contributed by atoms with Crippen LogP contribution in [0.25, 0.3) is 6.08 Å². The number of thioether (sulfide) groups is 1. The molecule has 0 aromatic heterocycles. The molecule has 0 saturated carbocycles. The van der Waals surface area contributed by atoms with Gasteiger partial charge in [-0.3, -0.25) is 4.79 Å². The zero-order valence-electron chi connectivity index (χ0n) is 20.2. The van der Waals surface area contributed by atoms with Gasteiger partial charge in [0.2, 0.25) is 0 Å². The molecule has 5 rings (SSSR count). The van der Waals surface area contributed by atoms with Crippen LogP contribution in [0.1, 0.15) is 22.7 Å². The Balaban J connectivity index is 1.26. The highest BCUT2D eigenvalue weighted by Gasteiger charge is 2.33. The molecule has 0 radical (unpaired) electrons. The number of hydrogen-bond acceptors (Lipinski definition) is 4. The Bertz CT molecular complexity index is 1180. The van der Waals surface area contributed by atoms with Gasteiger partial charge in [-0.2, -0.15) is 4.99 Å². The van der Waals surface area contributed by atoms with Crippen molar-refractivity contribution in [3.63, 3.8) is 0 Å². The lowest BCUT2D eigenvalue weighted by atomic mass is 9.96. The molecule has 1 amide bonds. The number of hydrogen-bond donors (Lipinski definition) is 1. The van der Waals surface area contributed by atoms with Gasteiger partial charge in [0.05, 0.1) is 31.1 Å². The highest BCUT2D eigenvalue weighted by molar-refractivity contribution is 8.18. The quantitative estimate of drug-likeness (QED) is 0.562. The number of quaternary nitrogens is 1. The smallest absolute Gasteiger partial charge is 0.286 e. The summed E-state index contributed by atoms with van der Waals surface area (Å²) >= 11 is 1.50. The summed E-state index contributed by atoms with van der Waals surface area (Å²) in [6.07, 6.45) is 1.95. The summed E-state index contributed by atoms with van der Waals surface area (Å²) in [5.74, 6) is -0.136. The summed E-state index contributed by atoms with van der Waals surface area (Å²) in [5.41, 5.74) is 4.84. The zero-order chi connectivity index (χ0) is 24.2. The Kier molecular flexibility index (Phi) is 7.02. The van der Waals surface area contributed by atoms with E-state index < -0.39 is 0 Å². The Morgan fingerprint density at radius 2 is 1.46 bits per heavy atom. The highest BCUT2D eigenvalue weighted by Crippen LogP contribution is 2.31. The van der Waals surface area contributed by atoms with Crippen LogP contribution in [0.2, 0.25) is 0 Å². The predicted octanol–water partition coefficient (Wildman–Crippen LogP) is 3.71. The van der Waals surface area contributed by atoms with Crippen molar-refractivity contribution in [3.8, 4) is 0 Å². The van der Waals surface area contributed by atoms with E-state index in [0.29, 0.717) is 10.9 Å². The lowest BCUT2D eigenvalue weighted by Gasteiger charge is -2.37. The Labute approximate surface area is 211 Å². The van der Waals surface area contributed by atoms with E-state index in [4.69, 9.17) is 0 Å². The van der Waals surface area contributed by atoms with Crippen molar-refractivity contribution in [1.29, 1.82) is 0 Å². The van der Waals surface area contributed by atoms with Crippen LogP contribution in [0.15, 0.2) is 94.8 Å². The number of amides is 1. The number of benzene rings is 3. The minimum Gasteiger partial charge on any atom is -0.378 e. The van der Waals surface area contributed by atoms with E-state index in [9.17, 15) is 4.79 Å². The normalized spacial score (nSPS) is 17.8. The van der Waals surface area contributed by atoms with E-state index >= 15 is 0 Å². The van der Waals surface area contributed by atoms with E-state index in [0.717, 1.165) is 42.6 Å². The highest BCUT2D eigenvalue weighted by atomic mass is 32.2. The number of aliphatic imine (C=N–C) groups is 1. The van der Waals surface area contributed by atoms with Crippen molar-refractivity contribution in [2.45, 2.75) is 6.04 Å². The molecule has 0 atom stereocenters. The van der Waals surface area contributed by atoms with Gasteiger partial charge in [0.15, 0.2) is 5.17 Å². The standard InChI is InChI=1S/C29H30N4OS/c1-31(2)25-15-13-22(14-16-25)21-26-28(34)30-29(35-26)33-19-17-32(18-20-33)27(23-9-5-3-6-10-23)24-11-7-4-8-12-24/h3-16,21,27H,17-20H2,1-2H3/p+1/b26-21-. The maximum absolute atomic E-state index is 12.6. The molecule has 3 aromatic rings. The minimum atomic E-state index is -0.136. The van der Waals surface area contributed by atoms with Crippen LogP contribution in [0.5, 0.6) is 0 Å². The second-order valence-corrected chi connectivity index (χ2v) is 10.2. The minimum absolute atomic E-state index is 0.136. The van der Waals surface area contributed by atoms with Gasteiger partial charge in [0, 0.05) is 30.9 Å². The van der Waals surface area contributed by atoms with Crippen molar-refractivity contribution < 1.29 is 9.69 Å². The molecule has 1 saturated heterocycles. The third kappa shape index (κ3) is 5.34. The molecule has 3 aromatic carbocycles. The fraction of sp³-hybridized carbons (Fsp3) is 0.241. The van der Waals surface area contributed by atoms with Crippen LogP contribution in [0.3, 0.4) is 0 Å². The van der Waals surface area contributed by atoms with Gasteiger partial charge in [-0.25, -0.2) is 0 Å². The second-order valence-electron chi connectivity index (χ2n) is 9.20. The molecule has 178 valence electrons. The second kappa shape index (κ2) is 10.5. The molecule has 0 bridgehead atoms. The first-order valence-electron chi connectivity index (χ1n) is 12.1. The molecule has 2 aliphatic rings. The maximum Gasteiger partial charge on any atom is 0.286 e. The number of carbonyl (C=O) groups is 1. The molecular formula is C29H31N4OS+. The topological polar surface area (TPSA) is 40.4 Å². The van der Waals surface area contributed by atoms with Crippen LogP contribution in [-0.2, 0) is 4.79 Å². The number of carbonyl (C=O) groups excluding carboxylic acids is 1. The van der Waals surface area contributed by atoms with Gasteiger partial charge < -0.3 is 14.7 Å². The number of anilines is 1. The number of nitrogens with zero attached hydrogens (tertiary/aromatic N) is 3. The first-order valence-corrected chi connectivity index (χ1v) is 12.9. The van der Waals surface area contributed by atoms with Gasteiger partial charge in [-0.15, -0.1) is 0 Å². The number of piperazine rings is 1. The third-order valence-electron chi connectivity index (χ3n) is 6.67. The molecule has 0 unspecified atom stereocenters. The van der Waals surface area contributed by atoms with Gasteiger partial charge in [-0.1, -0.05) is 72.8 Å². The summed E-state index contributed by atoms with van der Waals surface area (Å²) in [6.45, 7) is 3.76. The van der Waals surface area contributed by atoms with Crippen LogP contribution in [-0.4, -0.2) is 56.2 Å². The molecular weight excluding hydrogens is 452 g/mol. The lowest BCUT2D eigenvalue weighted by Crippen LogP contribution is -3.15. The SMILES string of the molecule is CN(C)c1ccc(/C=C2\SC(N3CC[NH+](C(c4ccccc4)c4ccccc4)CC3)=NC2=O)cc1.